The van der Waals surface area contributed by atoms with E-state index in [1.165, 1.54) is 17.8 Å². The Morgan fingerprint density at radius 2 is 2.16 bits per heavy atom. The standard InChI is InChI=1S/C18H22FN3OS2/c1-13-11-24-18(21-13)25-12-17(23)20-10-16(22-8-4-5-9-22)14-6-2-3-7-15(14)19/h2-3,6-7,11,16H,4-5,8-10,12H2,1H3,(H,20,23). The van der Waals surface area contributed by atoms with E-state index in [0.29, 0.717) is 17.9 Å². The summed E-state index contributed by atoms with van der Waals surface area (Å²) in [7, 11) is 0. The lowest BCUT2D eigenvalue weighted by molar-refractivity contribution is -0.118. The summed E-state index contributed by atoms with van der Waals surface area (Å²) in [5.41, 5.74) is 1.63. The van der Waals surface area contributed by atoms with E-state index in [2.05, 4.69) is 15.2 Å². The molecule has 0 radical (unpaired) electrons. The molecular formula is C18H22FN3OS2. The largest absolute Gasteiger partial charge is 0.353 e. The van der Waals surface area contributed by atoms with Crippen molar-refractivity contribution < 1.29 is 9.18 Å². The van der Waals surface area contributed by atoms with Gasteiger partial charge in [-0.15, -0.1) is 11.3 Å². The second-order valence-electron chi connectivity index (χ2n) is 6.13. The smallest absolute Gasteiger partial charge is 0.230 e. The summed E-state index contributed by atoms with van der Waals surface area (Å²) < 4.78 is 15.1. The van der Waals surface area contributed by atoms with Crippen molar-refractivity contribution in [1.29, 1.82) is 0 Å². The first kappa shape index (κ1) is 18.4. The van der Waals surface area contributed by atoms with Crippen LogP contribution in [0.25, 0.3) is 0 Å². The van der Waals surface area contributed by atoms with Gasteiger partial charge in [0.25, 0.3) is 0 Å². The number of thiazole rings is 1. The van der Waals surface area contributed by atoms with Crippen LogP contribution in [0.3, 0.4) is 0 Å². The number of aromatic nitrogens is 1. The maximum atomic E-state index is 14.2. The van der Waals surface area contributed by atoms with Gasteiger partial charge < -0.3 is 5.32 Å². The molecule has 1 unspecified atom stereocenters. The quantitative estimate of drug-likeness (QED) is 0.746. The van der Waals surface area contributed by atoms with Crippen LogP contribution >= 0.6 is 23.1 Å². The van der Waals surface area contributed by atoms with Gasteiger partial charge in [-0.1, -0.05) is 30.0 Å². The first-order valence-electron chi connectivity index (χ1n) is 8.43. The lowest BCUT2D eigenvalue weighted by Gasteiger charge is -2.28. The van der Waals surface area contributed by atoms with Crippen LogP contribution in [0.5, 0.6) is 0 Å². The fourth-order valence-corrected chi connectivity index (χ4v) is 4.70. The Labute approximate surface area is 155 Å². The fourth-order valence-electron chi connectivity index (χ4n) is 3.02. The summed E-state index contributed by atoms with van der Waals surface area (Å²) in [6, 6.07) is 6.74. The van der Waals surface area contributed by atoms with Crippen LogP contribution < -0.4 is 5.32 Å². The molecule has 2 heterocycles. The van der Waals surface area contributed by atoms with E-state index in [4.69, 9.17) is 0 Å². The predicted molar refractivity (Wildman–Crippen MR) is 101 cm³/mol. The molecule has 1 fully saturated rings. The second kappa shape index (κ2) is 8.78. The van der Waals surface area contributed by atoms with E-state index in [0.717, 1.165) is 36.0 Å². The number of likely N-dealkylation sites (tertiary alicyclic amines) is 1. The summed E-state index contributed by atoms with van der Waals surface area (Å²) in [6.07, 6.45) is 2.25. The van der Waals surface area contributed by atoms with Crippen molar-refractivity contribution >= 4 is 29.0 Å². The fraction of sp³-hybridized carbons (Fsp3) is 0.444. The Bertz CT molecular complexity index is 716. The SMILES string of the molecule is Cc1csc(SCC(=O)NCC(c2ccccc2F)N2CCCC2)n1. The number of thioether (sulfide) groups is 1. The number of hydrogen-bond donors (Lipinski definition) is 1. The normalized spacial score (nSPS) is 16.1. The van der Waals surface area contributed by atoms with E-state index in [9.17, 15) is 9.18 Å². The molecule has 134 valence electrons. The molecule has 1 atom stereocenters. The van der Waals surface area contributed by atoms with Gasteiger partial charge in [-0.25, -0.2) is 9.37 Å². The van der Waals surface area contributed by atoms with Gasteiger partial charge in [0.05, 0.1) is 11.8 Å². The number of nitrogens with zero attached hydrogens (tertiary/aromatic N) is 2. The second-order valence-corrected chi connectivity index (χ2v) is 8.21. The third-order valence-corrected chi connectivity index (χ3v) is 6.40. The molecule has 0 bridgehead atoms. The monoisotopic (exact) mass is 379 g/mol. The zero-order chi connectivity index (χ0) is 17.6. The average Bonchev–Trinajstić information content (AvgIpc) is 3.26. The number of benzene rings is 1. The molecule has 7 heteroatoms. The third-order valence-electron chi connectivity index (χ3n) is 4.26. The number of amides is 1. The average molecular weight is 380 g/mol. The van der Waals surface area contributed by atoms with Crippen LogP contribution in [0, 0.1) is 12.7 Å². The minimum atomic E-state index is -0.207. The van der Waals surface area contributed by atoms with Crippen molar-refractivity contribution in [3.8, 4) is 0 Å². The van der Waals surface area contributed by atoms with Crippen LogP contribution in [-0.4, -0.2) is 41.2 Å². The van der Waals surface area contributed by atoms with Gasteiger partial charge in [0.15, 0.2) is 4.34 Å². The van der Waals surface area contributed by atoms with Crippen molar-refractivity contribution in [2.45, 2.75) is 30.1 Å². The van der Waals surface area contributed by atoms with Crippen molar-refractivity contribution in [2.24, 2.45) is 0 Å². The van der Waals surface area contributed by atoms with Crippen molar-refractivity contribution in [2.75, 3.05) is 25.4 Å². The van der Waals surface area contributed by atoms with E-state index in [1.54, 1.807) is 17.4 Å². The number of halogens is 1. The van der Waals surface area contributed by atoms with Crippen molar-refractivity contribution in [1.82, 2.24) is 15.2 Å². The van der Waals surface area contributed by atoms with E-state index < -0.39 is 0 Å². The van der Waals surface area contributed by atoms with Crippen LogP contribution in [0.4, 0.5) is 4.39 Å². The first-order valence-corrected chi connectivity index (χ1v) is 10.3. The highest BCUT2D eigenvalue weighted by Gasteiger charge is 2.26. The number of rotatable bonds is 7. The molecule has 25 heavy (non-hydrogen) atoms. The molecule has 1 aliphatic rings. The minimum absolute atomic E-state index is 0.0432. The van der Waals surface area contributed by atoms with Crippen LogP contribution in [0.2, 0.25) is 0 Å². The molecule has 1 aromatic heterocycles. The highest BCUT2D eigenvalue weighted by Crippen LogP contribution is 2.27. The highest BCUT2D eigenvalue weighted by atomic mass is 32.2. The van der Waals surface area contributed by atoms with Gasteiger partial charge >= 0.3 is 0 Å². The summed E-state index contributed by atoms with van der Waals surface area (Å²) in [5, 5.41) is 4.95. The molecule has 3 rings (SSSR count). The number of carbonyl (C=O) groups excluding carboxylic acids is 1. The molecule has 0 spiro atoms. The Hall–Kier alpha value is -1.44. The van der Waals surface area contributed by atoms with E-state index in [-0.39, 0.29) is 17.8 Å². The topological polar surface area (TPSA) is 45.2 Å². The maximum Gasteiger partial charge on any atom is 0.230 e. The van der Waals surface area contributed by atoms with E-state index >= 15 is 0 Å². The number of nitrogens with one attached hydrogen (secondary N) is 1. The molecule has 0 aliphatic carbocycles. The van der Waals surface area contributed by atoms with Gasteiger partial charge in [-0.05, 0) is 38.9 Å². The molecule has 1 N–H and O–H groups in total. The summed E-state index contributed by atoms with van der Waals surface area (Å²) in [4.78, 5) is 18.8. The number of carbonyl (C=O) groups is 1. The van der Waals surface area contributed by atoms with Crippen molar-refractivity contribution in [3.63, 3.8) is 0 Å². The molecule has 2 aromatic rings. The van der Waals surface area contributed by atoms with Gasteiger partial charge in [-0.3, -0.25) is 9.69 Å². The molecule has 0 saturated carbocycles. The van der Waals surface area contributed by atoms with Crippen LogP contribution in [0.15, 0.2) is 34.0 Å². The minimum Gasteiger partial charge on any atom is -0.353 e. The Balaban J connectivity index is 1.58. The zero-order valence-electron chi connectivity index (χ0n) is 14.2. The molecule has 4 nitrogen and oxygen atoms in total. The molecule has 1 amide bonds. The number of hydrogen-bond acceptors (Lipinski definition) is 5. The lowest BCUT2D eigenvalue weighted by Crippen LogP contribution is -2.37. The maximum absolute atomic E-state index is 14.2. The molecule has 1 aromatic carbocycles. The van der Waals surface area contributed by atoms with Gasteiger partial charge in [0, 0.05) is 23.2 Å². The summed E-state index contributed by atoms with van der Waals surface area (Å²) in [6.45, 7) is 4.26. The first-order chi connectivity index (χ1) is 12.1. The van der Waals surface area contributed by atoms with Gasteiger partial charge in [0.2, 0.25) is 5.91 Å². The van der Waals surface area contributed by atoms with Gasteiger partial charge in [-0.2, -0.15) is 0 Å². The Morgan fingerprint density at radius 1 is 1.40 bits per heavy atom. The third kappa shape index (κ3) is 5.03. The van der Waals surface area contributed by atoms with E-state index in [1.807, 2.05) is 24.4 Å². The lowest BCUT2D eigenvalue weighted by atomic mass is 10.0. The predicted octanol–water partition coefficient (Wildman–Crippen LogP) is 3.64. The molecular weight excluding hydrogens is 357 g/mol. The van der Waals surface area contributed by atoms with Crippen LogP contribution in [-0.2, 0) is 4.79 Å². The molecule has 1 aliphatic heterocycles. The summed E-state index contributed by atoms with van der Waals surface area (Å²) in [5.74, 6) is 0.0800. The number of aryl methyl sites for hydroxylation is 1. The van der Waals surface area contributed by atoms with Crippen molar-refractivity contribution in [3.05, 3.63) is 46.7 Å². The Morgan fingerprint density at radius 3 is 2.84 bits per heavy atom. The zero-order valence-corrected chi connectivity index (χ0v) is 15.8. The Kier molecular flexibility index (Phi) is 6.45. The van der Waals surface area contributed by atoms with Crippen LogP contribution in [0.1, 0.15) is 30.1 Å². The summed E-state index contributed by atoms with van der Waals surface area (Å²) >= 11 is 2.99. The molecule has 1 saturated heterocycles. The van der Waals surface area contributed by atoms with Gasteiger partial charge in [0.1, 0.15) is 5.82 Å². The highest BCUT2D eigenvalue weighted by molar-refractivity contribution is 8.01.